The van der Waals surface area contributed by atoms with Crippen LogP contribution in [-0.2, 0) is 16.1 Å². The number of carbonyl (C=O) groups excluding carboxylic acids is 1. The first-order chi connectivity index (χ1) is 13.7. The van der Waals surface area contributed by atoms with Gasteiger partial charge in [0.25, 0.3) is 0 Å². The monoisotopic (exact) mass is 386 g/mol. The molecule has 4 rings (SSSR count). The molecule has 2 saturated heterocycles. The van der Waals surface area contributed by atoms with Gasteiger partial charge >= 0.3 is 0 Å². The average Bonchev–Trinajstić information content (AvgIpc) is 3.20. The predicted octanol–water partition coefficient (Wildman–Crippen LogP) is 3.32. The van der Waals surface area contributed by atoms with Gasteiger partial charge in [-0.15, -0.1) is 0 Å². The summed E-state index contributed by atoms with van der Waals surface area (Å²) in [5, 5.41) is 0. The molecule has 3 fully saturated rings. The molecule has 0 spiro atoms. The van der Waals surface area contributed by atoms with Gasteiger partial charge in [-0.2, -0.15) is 0 Å². The number of rotatable bonds is 7. The molecule has 5 heteroatoms. The standard InChI is InChI=1S/C23H34N2O3/c1-24(23(26)20-8-12-27-13-9-20)16-19-14-22(15-19)28-21-6-4-18(5-7-21)17-25-10-2-3-11-25/h4-7,19-20,22H,2-3,8-17H2,1H3. The molecule has 1 saturated carbocycles. The second-order valence-corrected chi connectivity index (χ2v) is 8.81. The van der Waals surface area contributed by atoms with E-state index in [1.165, 1.54) is 31.5 Å². The van der Waals surface area contributed by atoms with Crippen LogP contribution in [0, 0.1) is 11.8 Å². The fraction of sp³-hybridized carbons (Fsp3) is 0.696. The maximum absolute atomic E-state index is 12.5. The van der Waals surface area contributed by atoms with Gasteiger partial charge < -0.3 is 14.4 Å². The van der Waals surface area contributed by atoms with E-state index >= 15 is 0 Å². The highest BCUT2D eigenvalue weighted by Gasteiger charge is 2.34. The van der Waals surface area contributed by atoms with Gasteiger partial charge in [0.1, 0.15) is 5.75 Å². The van der Waals surface area contributed by atoms with Crippen molar-refractivity contribution in [3.8, 4) is 5.75 Å². The van der Waals surface area contributed by atoms with Crippen LogP contribution in [0.4, 0.5) is 0 Å². The van der Waals surface area contributed by atoms with E-state index in [1.807, 2.05) is 11.9 Å². The molecule has 28 heavy (non-hydrogen) atoms. The molecule has 0 radical (unpaired) electrons. The zero-order chi connectivity index (χ0) is 19.3. The van der Waals surface area contributed by atoms with Crippen LogP contribution in [0.25, 0.3) is 0 Å². The van der Waals surface area contributed by atoms with Gasteiger partial charge in [-0.3, -0.25) is 9.69 Å². The van der Waals surface area contributed by atoms with Gasteiger partial charge in [-0.05, 0) is 75.2 Å². The van der Waals surface area contributed by atoms with Crippen molar-refractivity contribution in [2.45, 2.75) is 51.2 Å². The van der Waals surface area contributed by atoms with Crippen molar-refractivity contribution in [1.82, 2.24) is 9.80 Å². The van der Waals surface area contributed by atoms with E-state index < -0.39 is 0 Å². The fourth-order valence-corrected chi connectivity index (χ4v) is 4.72. The molecule has 0 N–H and O–H groups in total. The van der Waals surface area contributed by atoms with Crippen molar-refractivity contribution < 1.29 is 14.3 Å². The van der Waals surface area contributed by atoms with Crippen LogP contribution < -0.4 is 4.74 Å². The largest absolute Gasteiger partial charge is 0.490 e. The van der Waals surface area contributed by atoms with Crippen LogP contribution in [0.1, 0.15) is 44.1 Å². The number of hydrogen-bond acceptors (Lipinski definition) is 4. The average molecular weight is 387 g/mol. The van der Waals surface area contributed by atoms with Gasteiger partial charge in [0.05, 0.1) is 6.10 Å². The molecule has 1 aromatic rings. The van der Waals surface area contributed by atoms with Crippen LogP contribution >= 0.6 is 0 Å². The van der Waals surface area contributed by atoms with Gasteiger partial charge in [-0.25, -0.2) is 0 Å². The van der Waals surface area contributed by atoms with Crippen molar-refractivity contribution in [1.29, 1.82) is 0 Å². The molecule has 1 aliphatic carbocycles. The van der Waals surface area contributed by atoms with Crippen molar-refractivity contribution in [3.63, 3.8) is 0 Å². The van der Waals surface area contributed by atoms with Crippen molar-refractivity contribution in [2.24, 2.45) is 11.8 Å². The summed E-state index contributed by atoms with van der Waals surface area (Å²) in [7, 11) is 1.95. The lowest BCUT2D eigenvalue weighted by Gasteiger charge is -2.38. The second kappa shape index (κ2) is 9.27. The molecule has 5 nitrogen and oxygen atoms in total. The minimum atomic E-state index is 0.157. The summed E-state index contributed by atoms with van der Waals surface area (Å²) in [4.78, 5) is 17.0. The van der Waals surface area contributed by atoms with Crippen molar-refractivity contribution >= 4 is 5.91 Å². The third kappa shape index (κ3) is 5.06. The Kier molecular flexibility index (Phi) is 6.53. The summed E-state index contributed by atoms with van der Waals surface area (Å²) < 4.78 is 11.5. The zero-order valence-electron chi connectivity index (χ0n) is 17.1. The van der Waals surface area contributed by atoms with E-state index in [0.717, 1.165) is 57.7 Å². The van der Waals surface area contributed by atoms with E-state index in [9.17, 15) is 4.79 Å². The highest BCUT2D eigenvalue weighted by atomic mass is 16.5. The van der Waals surface area contributed by atoms with Crippen LogP contribution in [0.3, 0.4) is 0 Å². The summed E-state index contributed by atoms with van der Waals surface area (Å²) in [5.74, 6) is 1.99. The molecular weight excluding hydrogens is 352 g/mol. The first kappa shape index (κ1) is 19.7. The lowest BCUT2D eigenvalue weighted by molar-refractivity contribution is -0.138. The Morgan fingerprint density at radius 3 is 2.50 bits per heavy atom. The van der Waals surface area contributed by atoms with Gasteiger partial charge in [0.15, 0.2) is 0 Å². The third-order valence-corrected chi connectivity index (χ3v) is 6.50. The van der Waals surface area contributed by atoms with Crippen molar-refractivity contribution in [2.75, 3.05) is 39.9 Å². The second-order valence-electron chi connectivity index (χ2n) is 8.81. The third-order valence-electron chi connectivity index (χ3n) is 6.50. The molecule has 0 unspecified atom stereocenters. The normalized spacial score (nSPS) is 26.0. The Bertz CT molecular complexity index is 630. The number of likely N-dealkylation sites (tertiary alicyclic amines) is 1. The number of nitrogens with zero attached hydrogens (tertiary/aromatic N) is 2. The number of hydrogen-bond donors (Lipinski definition) is 0. The Morgan fingerprint density at radius 2 is 1.82 bits per heavy atom. The Balaban J connectivity index is 1.16. The number of amides is 1. The summed E-state index contributed by atoms with van der Waals surface area (Å²) in [6.07, 6.45) is 6.78. The molecule has 2 aliphatic heterocycles. The minimum absolute atomic E-state index is 0.157. The van der Waals surface area contributed by atoms with Gasteiger partial charge in [-0.1, -0.05) is 12.1 Å². The first-order valence-electron chi connectivity index (χ1n) is 11.0. The Morgan fingerprint density at radius 1 is 1.14 bits per heavy atom. The van der Waals surface area contributed by atoms with E-state index in [2.05, 4.69) is 29.2 Å². The molecule has 1 amide bonds. The van der Waals surface area contributed by atoms with E-state index in [4.69, 9.17) is 9.47 Å². The molecule has 0 atom stereocenters. The predicted molar refractivity (Wildman–Crippen MR) is 109 cm³/mol. The maximum atomic E-state index is 12.5. The zero-order valence-corrected chi connectivity index (χ0v) is 17.1. The topological polar surface area (TPSA) is 42.0 Å². The molecule has 154 valence electrons. The summed E-state index contributed by atoms with van der Waals surface area (Å²) in [5.41, 5.74) is 1.37. The lowest BCUT2D eigenvalue weighted by Crippen LogP contribution is -2.44. The summed E-state index contributed by atoms with van der Waals surface area (Å²) >= 11 is 0. The van der Waals surface area contributed by atoms with Crippen LogP contribution in [0.2, 0.25) is 0 Å². The first-order valence-corrected chi connectivity index (χ1v) is 11.0. The lowest BCUT2D eigenvalue weighted by atomic mass is 9.81. The fourth-order valence-electron chi connectivity index (χ4n) is 4.72. The Hall–Kier alpha value is -1.59. The maximum Gasteiger partial charge on any atom is 0.225 e. The van der Waals surface area contributed by atoms with Gasteiger partial charge in [0.2, 0.25) is 5.91 Å². The van der Waals surface area contributed by atoms with Crippen molar-refractivity contribution in [3.05, 3.63) is 29.8 Å². The summed E-state index contributed by atoms with van der Waals surface area (Å²) in [6.45, 7) is 5.81. The number of benzene rings is 1. The van der Waals surface area contributed by atoms with E-state index in [0.29, 0.717) is 17.9 Å². The molecule has 1 aromatic carbocycles. The highest BCUT2D eigenvalue weighted by molar-refractivity contribution is 5.78. The molecule has 0 bridgehead atoms. The summed E-state index contributed by atoms with van der Waals surface area (Å²) in [6, 6.07) is 8.62. The molecule has 0 aromatic heterocycles. The van der Waals surface area contributed by atoms with Crippen LogP contribution in [0.5, 0.6) is 5.75 Å². The Labute approximate surface area is 169 Å². The molecule has 3 aliphatic rings. The highest BCUT2D eigenvalue weighted by Crippen LogP contribution is 2.32. The van der Waals surface area contributed by atoms with Gasteiger partial charge in [0, 0.05) is 39.3 Å². The quantitative estimate of drug-likeness (QED) is 0.721. The SMILES string of the molecule is CN(CC1CC(Oc2ccc(CN3CCCC3)cc2)C1)C(=O)C1CCOCC1. The molecular formula is C23H34N2O3. The smallest absolute Gasteiger partial charge is 0.225 e. The number of ether oxygens (including phenoxy) is 2. The minimum Gasteiger partial charge on any atom is -0.490 e. The number of carbonyl (C=O) groups is 1. The van der Waals surface area contributed by atoms with Crippen LogP contribution in [0.15, 0.2) is 24.3 Å². The van der Waals surface area contributed by atoms with Crippen LogP contribution in [-0.4, -0.2) is 61.7 Å². The molecule has 2 heterocycles. The van der Waals surface area contributed by atoms with E-state index in [-0.39, 0.29) is 5.92 Å². The van der Waals surface area contributed by atoms with E-state index in [1.54, 1.807) is 0 Å².